The van der Waals surface area contributed by atoms with Crippen molar-refractivity contribution in [3.63, 3.8) is 0 Å². The van der Waals surface area contributed by atoms with Crippen molar-refractivity contribution in [3.8, 4) is 0 Å². The molecule has 0 aliphatic heterocycles. The molecule has 0 aromatic heterocycles. The third-order valence-electron chi connectivity index (χ3n) is 2.12. The Labute approximate surface area is 113 Å². The molecule has 1 rings (SSSR count). The van der Waals surface area contributed by atoms with Crippen molar-refractivity contribution >= 4 is 47.0 Å². The second kappa shape index (κ2) is 6.37. The quantitative estimate of drug-likeness (QED) is 0.510. The van der Waals surface area contributed by atoms with Gasteiger partial charge in [0, 0.05) is 20.2 Å². The van der Waals surface area contributed by atoms with E-state index in [-0.39, 0.29) is 5.56 Å². The van der Waals surface area contributed by atoms with Gasteiger partial charge in [-0.3, -0.25) is 4.79 Å². The van der Waals surface area contributed by atoms with Gasteiger partial charge in [0.25, 0.3) is 5.78 Å². The van der Waals surface area contributed by atoms with Gasteiger partial charge in [0.1, 0.15) is 0 Å². The molecule has 0 heterocycles. The summed E-state index contributed by atoms with van der Waals surface area (Å²) in [5, 5.41) is 8.72. The molecule has 0 fully saturated rings. The van der Waals surface area contributed by atoms with Crippen LogP contribution in [0.25, 0.3) is 0 Å². The third-order valence-corrected chi connectivity index (χ3v) is 4.75. The molecule has 0 atom stereocenters. The number of ketones is 1. The number of rotatable bonds is 5. The van der Waals surface area contributed by atoms with Gasteiger partial charge < -0.3 is 5.11 Å². The fourth-order valence-corrected chi connectivity index (χ4v) is 4.00. The molecule has 1 aromatic rings. The maximum Gasteiger partial charge on any atom is 0.377 e. The number of carboxylic acids is 1. The van der Waals surface area contributed by atoms with Crippen LogP contribution in [-0.4, -0.2) is 35.6 Å². The van der Waals surface area contributed by atoms with Crippen LogP contribution in [0.2, 0.25) is 0 Å². The molecule has 0 aliphatic carbocycles. The first kappa shape index (κ1) is 14.5. The summed E-state index contributed by atoms with van der Waals surface area (Å²) in [6, 6.07) is 3.29. The van der Waals surface area contributed by atoms with Crippen LogP contribution in [0.15, 0.2) is 26.8 Å². The van der Waals surface area contributed by atoms with E-state index in [0.717, 1.165) is 14.7 Å². The number of aliphatic carboxylic acids is 1. The molecule has 0 unspecified atom stereocenters. The molecule has 17 heavy (non-hydrogen) atoms. The Balaban J connectivity index is 3.37. The first-order valence-electron chi connectivity index (χ1n) is 4.62. The number of hydrogen-bond acceptors (Lipinski definition) is 5. The van der Waals surface area contributed by atoms with Crippen molar-refractivity contribution in [1.82, 2.24) is 0 Å². The number of carbonyl (C=O) groups is 2. The lowest BCUT2D eigenvalue weighted by molar-refractivity contribution is -0.131. The average Bonchev–Trinajstić information content (AvgIpc) is 2.35. The normalized spacial score (nSPS) is 10.3. The molecule has 3 nitrogen and oxygen atoms in total. The second-order valence-corrected chi connectivity index (χ2v) is 5.56. The Morgan fingerprint density at radius 3 is 1.76 bits per heavy atom. The summed E-state index contributed by atoms with van der Waals surface area (Å²) in [4.78, 5) is 25.1. The molecular weight excluding hydrogens is 276 g/mol. The number of carbonyl (C=O) groups excluding carboxylic acids is 1. The van der Waals surface area contributed by atoms with E-state index >= 15 is 0 Å². The van der Waals surface area contributed by atoms with Crippen LogP contribution < -0.4 is 0 Å². The van der Waals surface area contributed by atoms with E-state index in [2.05, 4.69) is 0 Å². The van der Waals surface area contributed by atoms with Crippen LogP contribution in [0.3, 0.4) is 0 Å². The molecular formula is C11H12O3S3. The van der Waals surface area contributed by atoms with Gasteiger partial charge >= 0.3 is 5.97 Å². The van der Waals surface area contributed by atoms with Crippen LogP contribution in [0.5, 0.6) is 0 Å². The Morgan fingerprint density at radius 1 is 1.00 bits per heavy atom. The maximum atomic E-state index is 11.5. The van der Waals surface area contributed by atoms with Gasteiger partial charge in [-0.15, -0.1) is 35.3 Å². The van der Waals surface area contributed by atoms with Gasteiger partial charge in [-0.05, 0) is 30.9 Å². The van der Waals surface area contributed by atoms with E-state index in [1.165, 1.54) is 23.5 Å². The zero-order valence-electron chi connectivity index (χ0n) is 9.64. The standard InChI is InChI=1S/C11H12O3S3/c1-15-7-4-6(9(12)11(13)14)5-8(16-2)10(7)17-3/h4-5H,1-3H3,(H,13,14). The molecule has 0 amide bonds. The number of Topliss-reactive ketones (excluding diaryl/α,β-unsaturated/α-hetero) is 1. The van der Waals surface area contributed by atoms with E-state index in [4.69, 9.17) is 5.11 Å². The minimum atomic E-state index is -1.42. The maximum absolute atomic E-state index is 11.5. The van der Waals surface area contributed by atoms with Crippen LogP contribution in [-0.2, 0) is 4.79 Å². The monoisotopic (exact) mass is 288 g/mol. The first-order chi connectivity index (χ1) is 8.04. The van der Waals surface area contributed by atoms with E-state index in [1.807, 2.05) is 18.8 Å². The van der Waals surface area contributed by atoms with E-state index < -0.39 is 11.8 Å². The Hall–Kier alpha value is -0.590. The highest BCUT2D eigenvalue weighted by molar-refractivity contribution is 8.03. The van der Waals surface area contributed by atoms with Gasteiger partial charge in [0.2, 0.25) is 0 Å². The fraction of sp³-hybridized carbons (Fsp3) is 0.273. The zero-order chi connectivity index (χ0) is 13.0. The molecule has 92 valence electrons. The van der Waals surface area contributed by atoms with Gasteiger partial charge in [-0.2, -0.15) is 0 Å². The van der Waals surface area contributed by atoms with Crippen molar-refractivity contribution in [2.24, 2.45) is 0 Å². The predicted octanol–water partition coefficient (Wildman–Crippen LogP) is 3.12. The van der Waals surface area contributed by atoms with Crippen LogP contribution in [0.1, 0.15) is 10.4 Å². The molecule has 1 N–H and O–H groups in total. The Bertz CT molecular complexity index is 432. The summed E-state index contributed by atoms with van der Waals surface area (Å²) in [5.41, 5.74) is 0.240. The van der Waals surface area contributed by atoms with Crippen molar-refractivity contribution in [2.45, 2.75) is 14.7 Å². The largest absolute Gasteiger partial charge is 0.475 e. The number of carboxylic acid groups (broad SMARTS) is 1. The fourth-order valence-electron chi connectivity index (χ4n) is 1.34. The van der Waals surface area contributed by atoms with E-state index in [1.54, 1.807) is 23.9 Å². The highest BCUT2D eigenvalue weighted by Gasteiger charge is 2.18. The van der Waals surface area contributed by atoms with Crippen molar-refractivity contribution in [1.29, 1.82) is 0 Å². The minimum absolute atomic E-state index is 0.240. The summed E-state index contributed by atoms with van der Waals surface area (Å²) in [5.74, 6) is -2.27. The average molecular weight is 288 g/mol. The predicted molar refractivity (Wildman–Crippen MR) is 73.8 cm³/mol. The zero-order valence-corrected chi connectivity index (χ0v) is 12.1. The molecule has 6 heteroatoms. The third kappa shape index (κ3) is 3.20. The Kier molecular flexibility index (Phi) is 5.42. The lowest BCUT2D eigenvalue weighted by atomic mass is 10.1. The van der Waals surface area contributed by atoms with Crippen LogP contribution in [0, 0.1) is 0 Å². The summed E-state index contributed by atoms with van der Waals surface area (Å²) >= 11 is 4.63. The lowest BCUT2D eigenvalue weighted by Gasteiger charge is -2.11. The first-order valence-corrected chi connectivity index (χ1v) is 8.30. The van der Waals surface area contributed by atoms with Gasteiger partial charge in [0.05, 0.1) is 0 Å². The lowest BCUT2D eigenvalue weighted by Crippen LogP contribution is -2.13. The molecule has 0 bridgehead atoms. The van der Waals surface area contributed by atoms with Gasteiger partial charge in [0.15, 0.2) is 0 Å². The summed E-state index contributed by atoms with van der Waals surface area (Å²) in [6.07, 6.45) is 5.79. The van der Waals surface area contributed by atoms with Crippen molar-refractivity contribution < 1.29 is 14.7 Å². The number of benzene rings is 1. The molecule has 1 aromatic carbocycles. The van der Waals surface area contributed by atoms with Gasteiger partial charge in [-0.25, -0.2) is 4.79 Å². The SMILES string of the molecule is CSc1cc(C(=O)C(=O)O)cc(SC)c1SC. The highest BCUT2D eigenvalue weighted by atomic mass is 32.2. The highest BCUT2D eigenvalue weighted by Crippen LogP contribution is 2.37. The summed E-state index contributed by atoms with van der Waals surface area (Å²) < 4.78 is 0. The molecule has 0 radical (unpaired) electrons. The number of thioether (sulfide) groups is 3. The summed E-state index contributed by atoms with van der Waals surface area (Å²) in [6.45, 7) is 0. The second-order valence-electron chi connectivity index (χ2n) is 3.05. The molecule has 0 aliphatic rings. The van der Waals surface area contributed by atoms with Crippen LogP contribution in [0.4, 0.5) is 0 Å². The minimum Gasteiger partial charge on any atom is -0.475 e. The smallest absolute Gasteiger partial charge is 0.377 e. The van der Waals surface area contributed by atoms with E-state index in [9.17, 15) is 9.59 Å². The van der Waals surface area contributed by atoms with Gasteiger partial charge in [-0.1, -0.05) is 0 Å². The Morgan fingerprint density at radius 2 is 1.47 bits per heavy atom. The molecule has 0 spiro atoms. The van der Waals surface area contributed by atoms with Crippen LogP contribution >= 0.6 is 35.3 Å². The number of hydrogen-bond donors (Lipinski definition) is 1. The van der Waals surface area contributed by atoms with Crippen molar-refractivity contribution in [3.05, 3.63) is 17.7 Å². The molecule has 0 saturated heterocycles. The topological polar surface area (TPSA) is 54.4 Å². The molecule has 0 saturated carbocycles. The van der Waals surface area contributed by atoms with Crippen molar-refractivity contribution in [2.75, 3.05) is 18.8 Å². The van der Waals surface area contributed by atoms with E-state index in [0.29, 0.717) is 0 Å². The summed E-state index contributed by atoms with van der Waals surface area (Å²) in [7, 11) is 0.